The second-order valence-corrected chi connectivity index (χ2v) is 10.2. The van der Waals surface area contributed by atoms with Crippen molar-refractivity contribution in [3.8, 4) is 0 Å². The molecule has 1 fully saturated rings. The monoisotopic (exact) mass is 475 g/mol. The molecule has 0 radical (unpaired) electrons. The Morgan fingerprint density at radius 2 is 1.67 bits per heavy atom. The van der Waals surface area contributed by atoms with Crippen molar-refractivity contribution in [3.63, 3.8) is 0 Å². The van der Waals surface area contributed by atoms with Crippen molar-refractivity contribution < 1.29 is 22.4 Å². The second-order valence-electron chi connectivity index (χ2n) is 8.53. The van der Waals surface area contributed by atoms with Crippen LogP contribution in [-0.4, -0.2) is 43.8 Å². The van der Waals surface area contributed by atoms with Gasteiger partial charge < -0.3 is 10.2 Å². The molecule has 7 nitrogen and oxygen atoms in total. The minimum absolute atomic E-state index is 0.0494. The Kier molecular flexibility index (Phi) is 8.20. The van der Waals surface area contributed by atoms with Gasteiger partial charge in [-0.25, -0.2) is 12.8 Å². The lowest BCUT2D eigenvalue weighted by Gasteiger charge is -2.26. The lowest BCUT2D eigenvalue weighted by Crippen LogP contribution is -2.50. The summed E-state index contributed by atoms with van der Waals surface area (Å²) < 4.78 is 41.2. The van der Waals surface area contributed by atoms with Gasteiger partial charge in [-0.05, 0) is 56.5 Å². The van der Waals surface area contributed by atoms with Crippen molar-refractivity contribution in [1.29, 1.82) is 0 Å². The number of rotatable bonds is 9. The zero-order chi connectivity index (χ0) is 24.0. The molecule has 33 heavy (non-hydrogen) atoms. The predicted molar refractivity (Wildman–Crippen MR) is 123 cm³/mol. The quantitative estimate of drug-likeness (QED) is 0.583. The van der Waals surface area contributed by atoms with Gasteiger partial charge >= 0.3 is 0 Å². The van der Waals surface area contributed by atoms with Crippen molar-refractivity contribution in [3.05, 3.63) is 65.5 Å². The molecule has 1 saturated carbocycles. The maximum atomic E-state index is 13.3. The number of amides is 2. The summed E-state index contributed by atoms with van der Waals surface area (Å²) in [5.41, 5.74) is 1.55. The summed E-state index contributed by atoms with van der Waals surface area (Å²) in [5.74, 6) is -1.25. The fourth-order valence-corrected chi connectivity index (χ4v) is 5.08. The lowest BCUT2D eigenvalue weighted by molar-refractivity contribution is -0.137. The number of benzene rings is 2. The first-order valence-electron chi connectivity index (χ1n) is 11.1. The summed E-state index contributed by atoms with van der Waals surface area (Å²) in [7, 11) is -3.93. The van der Waals surface area contributed by atoms with Crippen LogP contribution >= 0.6 is 0 Å². The first-order valence-corrected chi connectivity index (χ1v) is 12.5. The Balaban J connectivity index is 1.73. The molecule has 2 aromatic carbocycles. The van der Waals surface area contributed by atoms with Crippen LogP contribution in [0.4, 0.5) is 4.39 Å². The van der Waals surface area contributed by atoms with Gasteiger partial charge in [0.15, 0.2) is 0 Å². The molecule has 2 N–H and O–H groups in total. The molecule has 0 saturated heterocycles. The van der Waals surface area contributed by atoms with Crippen LogP contribution in [0.15, 0.2) is 53.4 Å². The third kappa shape index (κ3) is 7.10. The Morgan fingerprint density at radius 3 is 2.27 bits per heavy atom. The molecule has 0 bridgehead atoms. The Labute approximate surface area is 194 Å². The molecule has 2 amide bonds. The maximum Gasteiger partial charge on any atom is 0.241 e. The van der Waals surface area contributed by atoms with Gasteiger partial charge in [-0.1, -0.05) is 42.7 Å². The third-order valence-corrected chi connectivity index (χ3v) is 7.24. The van der Waals surface area contributed by atoms with Gasteiger partial charge in [0.05, 0.1) is 17.5 Å². The van der Waals surface area contributed by atoms with Crippen LogP contribution in [0.1, 0.15) is 43.7 Å². The highest BCUT2D eigenvalue weighted by atomic mass is 32.2. The summed E-state index contributed by atoms with van der Waals surface area (Å²) in [6.45, 7) is 3.12. The molecular formula is C24H30FN3O4S. The number of carbonyl (C=O) groups is 2. The Morgan fingerprint density at radius 1 is 1.06 bits per heavy atom. The van der Waals surface area contributed by atoms with Gasteiger partial charge in [-0.3, -0.25) is 9.59 Å². The SMILES string of the molecule is Cc1ccc(S(=O)(=O)NC(C)C(=O)N(CC(=O)NC2CCCC2)Cc2ccc(F)cc2)cc1. The van der Waals surface area contributed by atoms with Crippen molar-refractivity contribution >= 4 is 21.8 Å². The van der Waals surface area contributed by atoms with Crippen LogP contribution in [0, 0.1) is 12.7 Å². The number of carbonyl (C=O) groups excluding carboxylic acids is 2. The van der Waals surface area contributed by atoms with E-state index in [0.717, 1.165) is 31.2 Å². The van der Waals surface area contributed by atoms with Crippen LogP contribution in [0.2, 0.25) is 0 Å². The first kappa shape index (κ1) is 24.9. The van der Waals surface area contributed by atoms with Crippen LogP contribution in [0.25, 0.3) is 0 Å². The smallest absolute Gasteiger partial charge is 0.241 e. The highest BCUT2D eigenvalue weighted by Crippen LogP contribution is 2.18. The number of halogens is 1. The normalized spacial score (nSPS) is 15.2. The number of nitrogens with zero attached hydrogens (tertiary/aromatic N) is 1. The van der Waals surface area contributed by atoms with Crippen LogP contribution < -0.4 is 10.0 Å². The van der Waals surface area contributed by atoms with Gasteiger partial charge in [0, 0.05) is 12.6 Å². The molecule has 178 valence electrons. The van der Waals surface area contributed by atoms with Crippen molar-refractivity contribution in [2.45, 2.75) is 63.1 Å². The van der Waals surface area contributed by atoms with E-state index in [4.69, 9.17) is 0 Å². The number of sulfonamides is 1. The van der Waals surface area contributed by atoms with E-state index in [-0.39, 0.29) is 29.9 Å². The highest BCUT2D eigenvalue weighted by Gasteiger charge is 2.28. The fraction of sp³-hybridized carbons (Fsp3) is 0.417. The second kappa shape index (κ2) is 10.9. The summed E-state index contributed by atoms with van der Waals surface area (Å²) >= 11 is 0. The highest BCUT2D eigenvalue weighted by molar-refractivity contribution is 7.89. The number of hydrogen-bond donors (Lipinski definition) is 2. The van der Waals surface area contributed by atoms with E-state index in [1.165, 1.54) is 48.2 Å². The van der Waals surface area contributed by atoms with E-state index in [2.05, 4.69) is 10.0 Å². The summed E-state index contributed by atoms with van der Waals surface area (Å²) in [4.78, 5) is 27.2. The zero-order valence-corrected chi connectivity index (χ0v) is 19.7. The lowest BCUT2D eigenvalue weighted by atomic mass is 10.2. The average Bonchev–Trinajstić information content (AvgIpc) is 3.27. The molecule has 3 rings (SSSR count). The van der Waals surface area contributed by atoms with E-state index >= 15 is 0 Å². The average molecular weight is 476 g/mol. The van der Waals surface area contributed by atoms with E-state index < -0.39 is 27.8 Å². The first-order chi connectivity index (χ1) is 15.6. The topological polar surface area (TPSA) is 95.6 Å². The molecule has 2 aromatic rings. The largest absolute Gasteiger partial charge is 0.352 e. The fourth-order valence-electron chi connectivity index (χ4n) is 3.88. The molecule has 1 aliphatic rings. The standard InChI is InChI=1S/C24H30FN3O4S/c1-17-7-13-22(14-8-17)33(31,32)27-18(2)24(30)28(15-19-9-11-20(25)12-10-19)16-23(29)26-21-5-3-4-6-21/h7-14,18,21,27H,3-6,15-16H2,1-2H3,(H,26,29). The van der Waals surface area contributed by atoms with E-state index in [1.807, 2.05) is 6.92 Å². The van der Waals surface area contributed by atoms with Crippen molar-refractivity contribution in [2.75, 3.05) is 6.54 Å². The van der Waals surface area contributed by atoms with Crippen LogP contribution in [0.5, 0.6) is 0 Å². The Bertz CT molecular complexity index is 1070. The molecule has 0 heterocycles. The van der Waals surface area contributed by atoms with Crippen molar-refractivity contribution in [1.82, 2.24) is 14.9 Å². The molecular weight excluding hydrogens is 445 g/mol. The van der Waals surface area contributed by atoms with Gasteiger partial charge in [0.25, 0.3) is 0 Å². The van der Waals surface area contributed by atoms with Gasteiger partial charge in [0.1, 0.15) is 5.82 Å². The predicted octanol–water partition coefficient (Wildman–Crippen LogP) is 2.89. The summed E-state index contributed by atoms with van der Waals surface area (Å²) in [6.07, 6.45) is 3.93. The maximum absolute atomic E-state index is 13.3. The molecule has 9 heteroatoms. The zero-order valence-electron chi connectivity index (χ0n) is 18.9. The van der Waals surface area contributed by atoms with E-state index in [9.17, 15) is 22.4 Å². The molecule has 1 aliphatic carbocycles. The van der Waals surface area contributed by atoms with Crippen LogP contribution in [-0.2, 0) is 26.2 Å². The molecule has 1 atom stereocenters. The van der Waals surface area contributed by atoms with Crippen molar-refractivity contribution in [2.24, 2.45) is 0 Å². The molecule has 1 unspecified atom stereocenters. The minimum atomic E-state index is -3.93. The number of nitrogens with one attached hydrogen (secondary N) is 2. The van der Waals surface area contributed by atoms with Gasteiger partial charge in [0.2, 0.25) is 21.8 Å². The summed E-state index contributed by atoms with van der Waals surface area (Å²) in [5, 5.41) is 2.95. The van der Waals surface area contributed by atoms with Gasteiger partial charge in [-0.15, -0.1) is 0 Å². The van der Waals surface area contributed by atoms with E-state index in [0.29, 0.717) is 5.56 Å². The number of hydrogen-bond acceptors (Lipinski definition) is 4. The number of aryl methyl sites for hydroxylation is 1. The van der Waals surface area contributed by atoms with Crippen LogP contribution in [0.3, 0.4) is 0 Å². The minimum Gasteiger partial charge on any atom is -0.352 e. The third-order valence-electron chi connectivity index (χ3n) is 5.69. The van der Waals surface area contributed by atoms with E-state index in [1.54, 1.807) is 12.1 Å². The summed E-state index contributed by atoms with van der Waals surface area (Å²) in [6, 6.07) is 10.9. The molecule has 0 spiro atoms. The molecule has 0 aliphatic heterocycles. The molecule has 0 aromatic heterocycles. The van der Waals surface area contributed by atoms with Gasteiger partial charge in [-0.2, -0.15) is 4.72 Å². The Hall–Kier alpha value is -2.78.